The first-order valence-electron chi connectivity index (χ1n) is 7.98. The Bertz CT molecular complexity index is 910. The zero-order chi connectivity index (χ0) is 20.9. The van der Waals surface area contributed by atoms with Crippen molar-refractivity contribution < 1.29 is 57.3 Å². The predicted molar refractivity (Wildman–Crippen MR) is 83.5 cm³/mol. The van der Waals surface area contributed by atoms with Crippen LogP contribution in [0.5, 0.6) is 0 Å². The molecule has 0 aromatic rings. The molecule has 17 nitrogen and oxygen atoms in total. The molecule has 1 spiro atoms. The van der Waals surface area contributed by atoms with Gasteiger partial charge in [-0.25, -0.2) is 23.8 Å². The zero-order valence-corrected chi connectivity index (χ0v) is 15.8. The summed E-state index contributed by atoms with van der Waals surface area (Å²) in [7, 11) is -10.5. The number of hydrogen-bond acceptors (Lipinski definition) is 14. The van der Waals surface area contributed by atoms with Gasteiger partial charge in [0.05, 0.1) is 6.61 Å². The molecule has 5 aliphatic rings. The maximum Gasteiger partial charge on any atom is 0.481 e. The van der Waals surface area contributed by atoms with Gasteiger partial charge in [0, 0.05) is 0 Å². The average Bonchev–Trinajstić information content (AvgIpc) is 3.46. The molecular formula is C10H15N5O12P2. The first-order chi connectivity index (χ1) is 13.4. The lowest BCUT2D eigenvalue weighted by Gasteiger charge is -2.29. The summed E-state index contributed by atoms with van der Waals surface area (Å²) in [5, 5.41) is 23.4. The van der Waals surface area contributed by atoms with E-state index in [1.807, 2.05) is 0 Å². The van der Waals surface area contributed by atoms with Crippen LogP contribution in [0.15, 0.2) is 16.5 Å². The monoisotopic (exact) mass is 459 g/mol. The minimum Gasteiger partial charge on any atom is -0.387 e. The van der Waals surface area contributed by atoms with Gasteiger partial charge in [0.1, 0.15) is 30.9 Å². The summed E-state index contributed by atoms with van der Waals surface area (Å²) in [5.74, 6) is -1.13. The Morgan fingerprint density at radius 3 is 2.69 bits per heavy atom. The van der Waals surface area contributed by atoms with Gasteiger partial charge >= 0.3 is 21.5 Å². The van der Waals surface area contributed by atoms with Crippen LogP contribution in [0.3, 0.4) is 0 Å². The second-order valence-electron chi connectivity index (χ2n) is 6.55. The molecule has 4 saturated heterocycles. The van der Waals surface area contributed by atoms with E-state index in [1.54, 1.807) is 0 Å². The first-order valence-corrected chi connectivity index (χ1v) is 11.0. The molecule has 5 aliphatic heterocycles. The van der Waals surface area contributed by atoms with Crippen molar-refractivity contribution >= 4 is 22.0 Å². The number of hydroxylamine groups is 4. The van der Waals surface area contributed by atoms with Gasteiger partial charge in [-0.05, 0) is 0 Å². The number of nitrogens with two attached hydrogens (primary N) is 1. The van der Waals surface area contributed by atoms with Crippen LogP contribution < -0.4 is 5.73 Å². The standard InChI is InChI=1S/C10H15N5O12P2/c11-7-6-10(13(26-10)2-12-7)14(9-15(6)25-9)8-5(17)4(16)3(24-8)1-23-29(21,22)27-28(18,19)20/h2-5,8-9,16-17H,1,11H2,(H,21,22)(H2,18,19,20)/t3-,4-,5-,8-,9-,10+,13?,15?/m1/s1. The topological polar surface area (TPSA) is 236 Å². The van der Waals surface area contributed by atoms with Crippen LogP contribution in [0.25, 0.3) is 0 Å². The number of nitrogens with zero attached hydrogens (tertiary/aromatic N) is 4. The van der Waals surface area contributed by atoms with E-state index in [0.717, 1.165) is 0 Å². The third kappa shape index (κ3) is 2.95. The van der Waals surface area contributed by atoms with E-state index in [1.165, 1.54) is 21.4 Å². The first kappa shape index (κ1) is 19.8. The fourth-order valence-electron chi connectivity index (χ4n) is 3.52. The van der Waals surface area contributed by atoms with Crippen LogP contribution in [0, 0.1) is 0 Å². The Balaban J connectivity index is 1.31. The van der Waals surface area contributed by atoms with Gasteiger partial charge < -0.3 is 35.4 Å². The van der Waals surface area contributed by atoms with E-state index in [9.17, 15) is 24.2 Å². The molecule has 29 heavy (non-hydrogen) atoms. The molecule has 7 atom stereocenters. The molecule has 0 aliphatic carbocycles. The normalized spacial score (nSPS) is 42.6. The largest absolute Gasteiger partial charge is 0.481 e. The van der Waals surface area contributed by atoms with Gasteiger partial charge in [0.15, 0.2) is 11.5 Å². The summed E-state index contributed by atoms with van der Waals surface area (Å²) >= 11 is 0. The number of ether oxygens (including phenoxy) is 1. The van der Waals surface area contributed by atoms with Gasteiger partial charge in [0.2, 0.25) is 6.35 Å². The number of aliphatic hydroxyl groups excluding tert-OH is 2. The fourth-order valence-corrected chi connectivity index (χ4v) is 5.12. The van der Waals surface area contributed by atoms with Crippen LogP contribution in [-0.2, 0) is 32.4 Å². The van der Waals surface area contributed by atoms with Gasteiger partial charge in [-0.15, -0.1) is 0 Å². The molecule has 7 N–H and O–H groups in total. The van der Waals surface area contributed by atoms with Crippen LogP contribution in [0.4, 0.5) is 0 Å². The maximum atomic E-state index is 11.6. The van der Waals surface area contributed by atoms with E-state index in [-0.39, 0.29) is 5.82 Å². The highest BCUT2D eigenvalue weighted by molar-refractivity contribution is 7.60. The van der Waals surface area contributed by atoms with Crippen molar-refractivity contribution in [3.8, 4) is 0 Å². The highest BCUT2D eigenvalue weighted by atomic mass is 31.3. The van der Waals surface area contributed by atoms with Gasteiger partial charge in [-0.3, -0.25) is 4.52 Å². The van der Waals surface area contributed by atoms with Crippen molar-refractivity contribution in [2.45, 2.75) is 36.7 Å². The van der Waals surface area contributed by atoms with Crippen molar-refractivity contribution in [2.24, 2.45) is 10.7 Å². The number of aliphatic imine (C=N–C) groups is 1. The Labute approximate surface area is 160 Å². The van der Waals surface area contributed by atoms with E-state index < -0.39 is 59.0 Å². The molecule has 0 radical (unpaired) electrons. The lowest BCUT2D eigenvalue weighted by atomic mass is 10.1. The lowest BCUT2D eigenvalue weighted by molar-refractivity contribution is -0.144. The van der Waals surface area contributed by atoms with Gasteiger partial charge in [-0.1, -0.05) is 0 Å². The summed E-state index contributed by atoms with van der Waals surface area (Å²) < 4.78 is 36.0. The number of fused-ring (bicyclic) bond motifs is 2. The van der Waals surface area contributed by atoms with Crippen molar-refractivity contribution in [3.05, 3.63) is 11.5 Å². The molecular weight excluding hydrogens is 444 g/mol. The third-order valence-electron chi connectivity index (χ3n) is 4.74. The summed E-state index contributed by atoms with van der Waals surface area (Å²) in [6, 6.07) is 0. The van der Waals surface area contributed by atoms with Crippen LogP contribution in [-0.4, -0.2) is 89.6 Å². The molecule has 1 unspecified atom stereocenters. The Hall–Kier alpha value is -1.17. The van der Waals surface area contributed by atoms with Crippen molar-refractivity contribution in [1.29, 1.82) is 0 Å². The molecule has 4 fully saturated rings. The second-order valence-corrected chi connectivity index (χ2v) is 9.38. The van der Waals surface area contributed by atoms with Crippen LogP contribution in [0.2, 0.25) is 0 Å². The molecule has 5 heterocycles. The SMILES string of the molecule is NC1=C2N3O[C@@H]3N([C@@H]3O[C@H](COP(=O)(O)OP(=O)(O)O)[C@@H](O)[C@H]3O)[C@]23ON3C=N1. The van der Waals surface area contributed by atoms with E-state index >= 15 is 0 Å². The summed E-state index contributed by atoms with van der Waals surface area (Å²) in [4.78, 5) is 42.8. The smallest absolute Gasteiger partial charge is 0.387 e. The van der Waals surface area contributed by atoms with Crippen LogP contribution >= 0.6 is 15.6 Å². The molecule has 19 heteroatoms. The van der Waals surface area contributed by atoms with E-state index in [2.05, 4.69) is 13.8 Å². The molecule has 0 aromatic heterocycles. The highest BCUT2D eigenvalue weighted by Gasteiger charge is 2.81. The highest BCUT2D eigenvalue weighted by Crippen LogP contribution is 2.61. The summed E-state index contributed by atoms with van der Waals surface area (Å²) in [5.41, 5.74) is 6.23. The second kappa shape index (κ2) is 5.95. The molecule has 5 rings (SSSR count). The quantitative estimate of drug-likeness (QED) is 0.167. The van der Waals surface area contributed by atoms with Gasteiger partial charge in [-0.2, -0.15) is 19.3 Å². The lowest BCUT2D eigenvalue weighted by Crippen LogP contribution is -2.53. The minimum absolute atomic E-state index is 0.118. The average molecular weight is 459 g/mol. The molecule has 162 valence electrons. The molecule has 0 saturated carbocycles. The Kier molecular flexibility index (Phi) is 4.06. The number of phosphoric ester groups is 1. The zero-order valence-electron chi connectivity index (χ0n) is 14.0. The Morgan fingerprint density at radius 2 is 2.00 bits per heavy atom. The van der Waals surface area contributed by atoms with Crippen molar-refractivity contribution in [2.75, 3.05) is 6.61 Å². The van der Waals surface area contributed by atoms with Crippen molar-refractivity contribution in [1.82, 2.24) is 15.0 Å². The minimum atomic E-state index is -5.31. The van der Waals surface area contributed by atoms with E-state index in [4.69, 9.17) is 29.9 Å². The third-order valence-corrected chi connectivity index (χ3v) is 6.89. The number of phosphoric acid groups is 2. The van der Waals surface area contributed by atoms with Gasteiger partial charge in [0.25, 0.3) is 0 Å². The number of aliphatic hydroxyl groups is 2. The molecule has 0 aromatic carbocycles. The number of rotatable bonds is 6. The van der Waals surface area contributed by atoms with E-state index in [0.29, 0.717) is 5.70 Å². The number of hydrogen-bond donors (Lipinski definition) is 6. The molecule has 0 amide bonds. The Morgan fingerprint density at radius 1 is 1.28 bits per heavy atom. The predicted octanol–water partition coefficient (Wildman–Crippen LogP) is -3.42. The van der Waals surface area contributed by atoms with Crippen molar-refractivity contribution in [3.63, 3.8) is 0 Å². The molecule has 0 bridgehead atoms. The summed E-state index contributed by atoms with van der Waals surface area (Å²) in [6.07, 6.45) is -5.12. The van der Waals surface area contributed by atoms with Crippen LogP contribution in [0.1, 0.15) is 0 Å². The fraction of sp³-hybridized carbons (Fsp3) is 0.700. The maximum absolute atomic E-state index is 11.6. The summed E-state index contributed by atoms with van der Waals surface area (Å²) in [6.45, 7) is -0.824.